The zero-order valence-corrected chi connectivity index (χ0v) is 12.3. The molecule has 5 heteroatoms. The minimum atomic E-state index is -0.189. The fourth-order valence-electron chi connectivity index (χ4n) is 5.30. The van der Waals surface area contributed by atoms with Gasteiger partial charge in [0, 0.05) is 7.05 Å². The molecule has 1 amide bonds. The fourth-order valence-corrected chi connectivity index (χ4v) is 5.30. The highest BCUT2D eigenvalue weighted by atomic mass is 16.2. The van der Waals surface area contributed by atoms with Gasteiger partial charge in [-0.2, -0.15) is 10.4 Å². The number of nitriles is 1. The molecule has 4 fully saturated rings. The van der Waals surface area contributed by atoms with E-state index in [-0.39, 0.29) is 11.3 Å². The first-order valence-corrected chi connectivity index (χ1v) is 7.83. The molecule has 0 unspecified atom stereocenters. The quantitative estimate of drug-likeness (QED) is 0.906. The maximum atomic E-state index is 12.9. The molecular weight excluding hydrogens is 264 g/mol. The van der Waals surface area contributed by atoms with Crippen molar-refractivity contribution in [3.63, 3.8) is 0 Å². The summed E-state index contributed by atoms with van der Waals surface area (Å²) in [5, 5.41) is 16.2. The summed E-state index contributed by atoms with van der Waals surface area (Å²) in [7, 11) is 1.76. The third kappa shape index (κ3) is 1.89. The van der Waals surface area contributed by atoms with Crippen LogP contribution >= 0.6 is 0 Å². The van der Waals surface area contributed by atoms with Crippen LogP contribution in [0.3, 0.4) is 0 Å². The fraction of sp³-hybridized carbons (Fsp3) is 0.688. The lowest BCUT2D eigenvalue weighted by molar-refractivity contribution is -0.140. The van der Waals surface area contributed by atoms with Gasteiger partial charge in [-0.15, -0.1) is 0 Å². The topological polar surface area (TPSA) is 70.7 Å². The Kier molecular flexibility index (Phi) is 2.66. The van der Waals surface area contributed by atoms with Crippen molar-refractivity contribution in [1.29, 1.82) is 5.26 Å². The second kappa shape index (κ2) is 4.33. The predicted octanol–water partition coefficient (Wildman–Crippen LogP) is 2.45. The highest BCUT2D eigenvalue weighted by Gasteiger charge is 2.54. The average molecular weight is 284 g/mol. The Bertz CT molecular complexity index is 604. The van der Waals surface area contributed by atoms with Crippen LogP contribution in [0.5, 0.6) is 0 Å². The molecule has 21 heavy (non-hydrogen) atoms. The Balaban J connectivity index is 1.61. The number of carbonyl (C=O) groups is 1. The van der Waals surface area contributed by atoms with Crippen molar-refractivity contribution in [1.82, 2.24) is 9.78 Å². The Morgan fingerprint density at radius 1 is 1.33 bits per heavy atom. The summed E-state index contributed by atoms with van der Waals surface area (Å²) in [4.78, 5) is 12.9. The van der Waals surface area contributed by atoms with Gasteiger partial charge >= 0.3 is 0 Å². The van der Waals surface area contributed by atoms with Crippen molar-refractivity contribution in [3.8, 4) is 6.07 Å². The van der Waals surface area contributed by atoms with Crippen molar-refractivity contribution in [3.05, 3.63) is 11.8 Å². The third-order valence-electron chi connectivity index (χ3n) is 5.81. The molecule has 110 valence electrons. The van der Waals surface area contributed by atoms with E-state index in [1.165, 1.54) is 25.5 Å². The standard InChI is InChI=1S/C16H20N4O/c1-20-14(13(8-17)9-18-20)19-15(21)16-5-10-2-11(6-16)4-12(3-10)7-16/h9-12H,2-7H2,1H3,(H,19,21). The molecule has 1 heterocycles. The van der Waals surface area contributed by atoms with Crippen molar-refractivity contribution in [2.75, 3.05) is 5.32 Å². The van der Waals surface area contributed by atoms with Crippen LogP contribution in [0.1, 0.15) is 44.1 Å². The highest BCUT2D eigenvalue weighted by molar-refractivity contribution is 5.96. The molecule has 0 atom stereocenters. The summed E-state index contributed by atoms with van der Waals surface area (Å²) >= 11 is 0. The number of amides is 1. The van der Waals surface area contributed by atoms with Gasteiger partial charge in [0.25, 0.3) is 0 Å². The molecular formula is C16H20N4O. The lowest BCUT2D eigenvalue weighted by atomic mass is 9.49. The van der Waals surface area contributed by atoms with Crippen LogP contribution in [0.25, 0.3) is 0 Å². The van der Waals surface area contributed by atoms with Crippen LogP contribution in [0, 0.1) is 34.5 Å². The number of aryl methyl sites for hydroxylation is 1. The zero-order chi connectivity index (χ0) is 14.6. The molecule has 4 saturated carbocycles. The molecule has 0 aromatic carbocycles. The van der Waals surface area contributed by atoms with Crippen molar-refractivity contribution in [2.45, 2.75) is 38.5 Å². The van der Waals surface area contributed by atoms with Crippen LogP contribution in [0.2, 0.25) is 0 Å². The largest absolute Gasteiger partial charge is 0.309 e. The van der Waals surface area contributed by atoms with E-state index in [0.717, 1.165) is 37.0 Å². The smallest absolute Gasteiger partial charge is 0.231 e. The maximum Gasteiger partial charge on any atom is 0.231 e. The molecule has 1 aromatic rings. The van der Waals surface area contributed by atoms with E-state index in [1.54, 1.807) is 11.7 Å². The first kappa shape index (κ1) is 12.9. The van der Waals surface area contributed by atoms with Crippen LogP contribution in [0.15, 0.2) is 6.20 Å². The Hall–Kier alpha value is -1.83. The summed E-state index contributed by atoms with van der Waals surface area (Å²) in [5.74, 6) is 2.87. The first-order valence-electron chi connectivity index (χ1n) is 7.83. The SMILES string of the molecule is Cn1ncc(C#N)c1NC(=O)C12CC3CC(CC(C3)C1)C2. The van der Waals surface area contributed by atoms with E-state index in [4.69, 9.17) is 5.26 Å². The summed E-state index contributed by atoms with van der Waals surface area (Å²) < 4.78 is 1.58. The predicted molar refractivity (Wildman–Crippen MR) is 77.2 cm³/mol. The highest BCUT2D eigenvalue weighted by Crippen LogP contribution is 2.60. The summed E-state index contributed by atoms with van der Waals surface area (Å²) in [6.07, 6.45) is 8.57. The van der Waals surface area contributed by atoms with Gasteiger partial charge in [-0.25, -0.2) is 0 Å². The van der Waals surface area contributed by atoms with Crippen molar-refractivity contribution in [2.24, 2.45) is 30.2 Å². The zero-order valence-electron chi connectivity index (χ0n) is 12.3. The summed E-state index contributed by atoms with van der Waals surface area (Å²) in [6, 6.07) is 2.10. The first-order chi connectivity index (χ1) is 10.1. The van der Waals surface area contributed by atoms with Gasteiger partial charge in [0.1, 0.15) is 17.5 Å². The number of anilines is 1. The van der Waals surface area contributed by atoms with Gasteiger partial charge in [-0.1, -0.05) is 0 Å². The second-order valence-corrected chi connectivity index (χ2v) is 7.29. The third-order valence-corrected chi connectivity index (χ3v) is 5.81. The minimum absolute atomic E-state index is 0.113. The number of rotatable bonds is 2. The normalized spacial score (nSPS) is 36.5. The monoisotopic (exact) mass is 284 g/mol. The summed E-state index contributed by atoms with van der Waals surface area (Å²) in [6.45, 7) is 0. The Morgan fingerprint density at radius 3 is 2.43 bits per heavy atom. The molecule has 0 radical (unpaired) electrons. The Labute approximate surface area is 124 Å². The molecule has 0 saturated heterocycles. The average Bonchev–Trinajstić information content (AvgIpc) is 2.78. The van der Waals surface area contributed by atoms with E-state index in [9.17, 15) is 4.79 Å². The molecule has 5 nitrogen and oxygen atoms in total. The van der Waals surface area contributed by atoms with Gasteiger partial charge in [0.15, 0.2) is 0 Å². The van der Waals surface area contributed by atoms with Gasteiger partial charge < -0.3 is 5.32 Å². The van der Waals surface area contributed by atoms with Crippen LogP contribution in [-0.4, -0.2) is 15.7 Å². The lowest BCUT2D eigenvalue weighted by Gasteiger charge is -2.55. The minimum Gasteiger partial charge on any atom is -0.309 e. The molecule has 4 aliphatic rings. The lowest BCUT2D eigenvalue weighted by Crippen LogP contribution is -2.52. The number of aromatic nitrogens is 2. The molecule has 4 bridgehead atoms. The number of hydrogen-bond acceptors (Lipinski definition) is 3. The molecule has 0 aliphatic heterocycles. The number of carbonyl (C=O) groups excluding carboxylic acids is 1. The number of hydrogen-bond donors (Lipinski definition) is 1. The number of nitrogens with zero attached hydrogens (tertiary/aromatic N) is 3. The number of nitrogens with one attached hydrogen (secondary N) is 1. The van der Waals surface area contributed by atoms with E-state index in [1.807, 2.05) is 0 Å². The van der Waals surface area contributed by atoms with Gasteiger partial charge in [-0.05, 0) is 56.3 Å². The van der Waals surface area contributed by atoms with Crippen LogP contribution in [-0.2, 0) is 11.8 Å². The van der Waals surface area contributed by atoms with Crippen LogP contribution < -0.4 is 5.32 Å². The van der Waals surface area contributed by atoms with E-state index < -0.39 is 0 Å². The Morgan fingerprint density at radius 2 is 1.90 bits per heavy atom. The van der Waals surface area contributed by atoms with Gasteiger partial charge in [0.05, 0.1) is 11.6 Å². The molecule has 1 aromatic heterocycles. The van der Waals surface area contributed by atoms with Crippen molar-refractivity contribution < 1.29 is 4.79 Å². The van der Waals surface area contributed by atoms with E-state index >= 15 is 0 Å². The van der Waals surface area contributed by atoms with Crippen molar-refractivity contribution >= 4 is 11.7 Å². The van der Waals surface area contributed by atoms with E-state index in [2.05, 4.69) is 16.5 Å². The van der Waals surface area contributed by atoms with E-state index in [0.29, 0.717) is 11.4 Å². The molecule has 0 spiro atoms. The van der Waals surface area contributed by atoms with Gasteiger partial charge in [-0.3, -0.25) is 9.48 Å². The molecule has 1 N–H and O–H groups in total. The van der Waals surface area contributed by atoms with Crippen LogP contribution in [0.4, 0.5) is 5.82 Å². The molecule has 5 rings (SSSR count). The second-order valence-electron chi connectivity index (χ2n) is 7.29. The summed E-state index contributed by atoms with van der Waals surface area (Å²) in [5.41, 5.74) is 0.252. The maximum absolute atomic E-state index is 12.9. The van der Waals surface area contributed by atoms with Gasteiger partial charge in [0.2, 0.25) is 5.91 Å². The molecule has 4 aliphatic carbocycles.